The Morgan fingerprint density at radius 1 is 1.68 bits per heavy atom. The van der Waals surface area contributed by atoms with Crippen molar-refractivity contribution in [3.8, 4) is 0 Å². The Labute approximate surface area is 110 Å². The highest BCUT2D eigenvalue weighted by Gasteiger charge is 2.19. The summed E-state index contributed by atoms with van der Waals surface area (Å²) in [7, 11) is 1.76. The van der Waals surface area contributed by atoms with Crippen LogP contribution in [0.1, 0.15) is 18.8 Å². The van der Waals surface area contributed by atoms with Gasteiger partial charge in [-0.05, 0) is 6.92 Å². The van der Waals surface area contributed by atoms with Gasteiger partial charge in [0.25, 0.3) is 0 Å². The summed E-state index contributed by atoms with van der Waals surface area (Å²) in [5.74, 6) is -0.495. The van der Waals surface area contributed by atoms with Crippen LogP contribution in [0, 0.1) is 0 Å². The van der Waals surface area contributed by atoms with Gasteiger partial charge in [-0.2, -0.15) is 0 Å². The number of hydrogen-bond donors (Lipinski definition) is 2. The maximum Gasteiger partial charge on any atom is 0.323 e. The Kier molecular flexibility index (Phi) is 5.04. The summed E-state index contributed by atoms with van der Waals surface area (Å²) in [5, 5.41) is 19.0. The van der Waals surface area contributed by atoms with Crippen LogP contribution in [0.25, 0.3) is 0 Å². The lowest BCUT2D eigenvalue weighted by atomic mass is 10.3. The molecule has 1 rings (SSSR count). The highest BCUT2D eigenvalue weighted by Crippen LogP contribution is 2.07. The standard InChI is InChI=1S/C11H17N5O3/c1-4-5-16(6-9(17)18)11(19)13-8(2)10-14-12-7-15(10)3/h4,7-8H,1,5-6H2,2-3H3,(H,13,19)(H,17,18). The van der Waals surface area contributed by atoms with Crippen molar-refractivity contribution in [1.82, 2.24) is 25.0 Å². The van der Waals surface area contributed by atoms with Crippen molar-refractivity contribution in [2.24, 2.45) is 7.05 Å². The van der Waals surface area contributed by atoms with Crippen molar-refractivity contribution in [3.63, 3.8) is 0 Å². The van der Waals surface area contributed by atoms with Crippen LogP contribution in [0.15, 0.2) is 19.0 Å². The van der Waals surface area contributed by atoms with E-state index < -0.39 is 12.0 Å². The summed E-state index contributed by atoms with van der Waals surface area (Å²) in [5.41, 5.74) is 0. The second-order valence-electron chi connectivity index (χ2n) is 4.03. The van der Waals surface area contributed by atoms with E-state index in [0.29, 0.717) is 5.82 Å². The minimum atomic E-state index is -1.08. The van der Waals surface area contributed by atoms with Crippen LogP contribution in [0.2, 0.25) is 0 Å². The Hall–Kier alpha value is -2.38. The first-order valence-electron chi connectivity index (χ1n) is 5.67. The van der Waals surface area contributed by atoms with Crippen molar-refractivity contribution in [3.05, 3.63) is 24.8 Å². The molecule has 0 fully saturated rings. The minimum Gasteiger partial charge on any atom is -0.480 e. The molecule has 2 amide bonds. The average Bonchev–Trinajstić information content (AvgIpc) is 2.74. The highest BCUT2D eigenvalue weighted by molar-refractivity contribution is 5.80. The topological polar surface area (TPSA) is 100 Å². The molecule has 0 saturated heterocycles. The van der Waals surface area contributed by atoms with E-state index in [1.54, 1.807) is 18.5 Å². The Bertz CT molecular complexity index is 471. The van der Waals surface area contributed by atoms with Crippen molar-refractivity contribution in [1.29, 1.82) is 0 Å². The van der Waals surface area contributed by atoms with Gasteiger partial charge in [0, 0.05) is 13.6 Å². The molecule has 1 unspecified atom stereocenters. The van der Waals surface area contributed by atoms with Crippen LogP contribution in [-0.4, -0.2) is 49.9 Å². The summed E-state index contributed by atoms with van der Waals surface area (Å²) < 4.78 is 1.68. The normalized spacial score (nSPS) is 11.7. The van der Waals surface area contributed by atoms with E-state index >= 15 is 0 Å². The zero-order chi connectivity index (χ0) is 14.4. The molecule has 0 aliphatic rings. The van der Waals surface area contributed by atoms with Crippen molar-refractivity contribution in [2.75, 3.05) is 13.1 Å². The van der Waals surface area contributed by atoms with Crippen LogP contribution in [0.5, 0.6) is 0 Å². The van der Waals surface area contributed by atoms with Gasteiger partial charge in [-0.3, -0.25) is 4.79 Å². The first-order chi connectivity index (χ1) is 8.95. The molecule has 0 aromatic carbocycles. The SMILES string of the molecule is C=CCN(CC(=O)O)C(=O)NC(C)c1nncn1C. The molecule has 2 N–H and O–H groups in total. The lowest BCUT2D eigenvalue weighted by molar-refractivity contribution is -0.137. The van der Waals surface area contributed by atoms with Gasteiger partial charge in [0.05, 0.1) is 6.04 Å². The van der Waals surface area contributed by atoms with E-state index in [1.165, 1.54) is 12.4 Å². The number of aryl methyl sites for hydroxylation is 1. The lowest BCUT2D eigenvalue weighted by Gasteiger charge is -2.22. The molecule has 19 heavy (non-hydrogen) atoms. The van der Waals surface area contributed by atoms with Crippen LogP contribution < -0.4 is 5.32 Å². The summed E-state index contributed by atoms with van der Waals surface area (Å²) in [6.07, 6.45) is 2.99. The predicted octanol–water partition coefficient (Wildman–Crippen LogP) is 0.158. The Morgan fingerprint density at radius 3 is 2.84 bits per heavy atom. The fourth-order valence-corrected chi connectivity index (χ4v) is 1.56. The molecule has 0 aliphatic carbocycles. The van der Waals surface area contributed by atoms with Gasteiger partial charge >= 0.3 is 12.0 Å². The smallest absolute Gasteiger partial charge is 0.323 e. The first kappa shape index (κ1) is 14.7. The second kappa shape index (κ2) is 6.53. The Balaban J connectivity index is 2.68. The van der Waals surface area contributed by atoms with Crippen molar-refractivity contribution >= 4 is 12.0 Å². The number of nitrogens with zero attached hydrogens (tertiary/aromatic N) is 4. The molecule has 1 heterocycles. The molecule has 0 spiro atoms. The van der Waals surface area contributed by atoms with Gasteiger partial charge in [-0.25, -0.2) is 4.79 Å². The highest BCUT2D eigenvalue weighted by atomic mass is 16.4. The van der Waals surface area contributed by atoms with Gasteiger partial charge in [-0.15, -0.1) is 16.8 Å². The number of nitrogens with one attached hydrogen (secondary N) is 1. The van der Waals surface area contributed by atoms with E-state index in [-0.39, 0.29) is 19.1 Å². The summed E-state index contributed by atoms with van der Waals surface area (Å²) in [6, 6.07) is -0.862. The minimum absolute atomic E-state index is 0.156. The third-order valence-electron chi connectivity index (χ3n) is 2.44. The monoisotopic (exact) mass is 267 g/mol. The van der Waals surface area contributed by atoms with Gasteiger partial charge in [0.2, 0.25) is 0 Å². The maximum atomic E-state index is 11.9. The fraction of sp³-hybridized carbons (Fsp3) is 0.455. The fourth-order valence-electron chi connectivity index (χ4n) is 1.56. The summed E-state index contributed by atoms with van der Waals surface area (Å²) in [6.45, 7) is 5.01. The number of carbonyl (C=O) groups is 2. The van der Waals surface area contributed by atoms with Crippen LogP contribution in [0.4, 0.5) is 4.79 Å². The first-order valence-corrected chi connectivity index (χ1v) is 5.67. The van der Waals surface area contributed by atoms with E-state index in [4.69, 9.17) is 5.11 Å². The summed E-state index contributed by atoms with van der Waals surface area (Å²) in [4.78, 5) is 23.7. The third-order valence-corrected chi connectivity index (χ3v) is 2.44. The zero-order valence-corrected chi connectivity index (χ0v) is 10.9. The molecular weight excluding hydrogens is 250 g/mol. The molecule has 1 aromatic rings. The van der Waals surface area contributed by atoms with Crippen molar-refractivity contribution < 1.29 is 14.7 Å². The zero-order valence-electron chi connectivity index (χ0n) is 10.9. The number of carboxylic acid groups (broad SMARTS) is 1. The predicted molar refractivity (Wildman–Crippen MR) is 67.4 cm³/mol. The molecule has 8 heteroatoms. The number of urea groups is 1. The average molecular weight is 267 g/mol. The van der Waals surface area contributed by atoms with E-state index in [1.807, 2.05) is 0 Å². The van der Waals surface area contributed by atoms with Crippen LogP contribution in [0.3, 0.4) is 0 Å². The van der Waals surface area contributed by atoms with Gasteiger partial charge in [-0.1, -0.05) is 6.08 Å². The Morgan fingerprint density at radius 2 is 2.37 bits per heavy atom. The molecule has 1 atom stereocenters. The number of carboxylic acids is 1. The number of amides is 2. The molecule has 1 aromatic heterocycles. The molecule has 0 radical (unpaired) electrons. The molecular formula is C11H17N5O3. The van der Waals surface area contributed by atoms with E-state index in [9.17, 15) is 9.59 Å². The van der Waals surface area contributed by atoms with Gasteiger partial charge in [0.15, 0.2) is 5.82 Å². The second-order valence-corrected chi connectivity index (χ2v) is 4.03. The van der Waals surface area contributed by atoms with E-state index in [2.05, 4.69) is 22.1 Å². The number of aromatic nitrogens is 3. The van der Waals surface area contributed by atoms with Crippen molar-refractivity contribution in [2.45, 2.75) is 13.0 Å². The lowest BCUT2D eigenvalue weighted by Crippen LogP contribution is -2.44. The largest absolute Gasteiger partial charge is 0.480 e. The van der Waals surface area contributed by atoms with E-state index in [0.717, 1.165) is 4.90 Å². The number of carbonyl (C=O) groups excluding carboxylic acids is 1. The molecule has 104 valence electrons. The maximum absolute atomic E-state index is 11.9. The summed E-state index contributed by atoms with van der Waals surface area (Å²) >= 11 is 0. The third kappa shape index (κ3) is 4.09. The molecule has 0 aliphatic heterocycles. The van der Waals surface area contributed by atoms with Crippen LogP contribution in [-0.2, 0) is 11.8 Å². The molecule has 0 saturated carbocycles. The molecule has 8 nitrogen and oxygen atoms in total. The quantitative estimate of drug-likeness (QED) is 0.715. The number of aliphatic carboxylic acids is 1. The number of hydrogen-bond acceptors (Lipinski definition) is 4. The number of rotatable bonds is 6. The molecule has 0 bridgehead atoms. The van der Waals surface area contributed by atoms with Crippen LogP contribution >= 0.6 is 0 Å². The van der Waals surface area contributed by atoms with Gasteiger partial charge in [0.1, 0.15) is 12.9 Å². The van der Waals surface area contributed by atoms with Gasteiger partial charge < -0.3 is 19.9 Å².